The molecule has 1 aromatic heterocycles. The Labute approximate surface area is 97.5 Å². The number of nitrogens with one attached hydrogen (secondary N) is 1. The summed E-state index contributed by atoms with van der Waals surface area (Å²) in [5.74, 6) is 3.48. The fourth-order valence-corrected chi connectivity index (χ4v) is 1.98. The highest BCUT2D eigenvalue weighted by atomic mass is 15.3. The van der Waals surface area contributed by atoms with Crippen LogP contribution in [0, 0.1) is 17.8 Å². The van der Waals surface area contributed by atoms with Crippen LogP contribution in [0.2, 0.25) is 0 Å². The van der Waals surface area contributed by atoms with Crippen LogP contribution in [0.15, 0.2) is 6.33 Å². The first-order chi connectivity index (χ1) is 7.66. The van der Waals surface area contributed by atoms with Crippen molar-refractivity contribution in [1.82, 2.24) is 20.1 Å². The Hall–Kier alpha value is -0.900. The highest BCUT2D eigenvalue weighted by Crippen LogP contribution is 2.36. The molecule has 2 rings (SSSR count). The first kappa shape index (κ1) is 11.6. The Morgan fingerprint density at radius 3 is 2.94 bits per heavy atom. The average molecular weight is 222 g/mol. The molecule has 2 atom stereocenters. The Morgan fingerprint density at radius 1 is 1.56 bits per heavy atom. The van der Waals surface area contributed by atoms with E-state index in [1.54, 1.807) is 6.33 Å². The van der Waals surface area contributed by atoms with E-state index >= 15 is 0 Å². The van der Waals surface area contributed by atoms with Crippen LogP contribution in [0.4, 0.5) is 0 Å². The van der Waals surface area contributed by atoms with Gasteiger partial charge in [0.1, 0.15) is 12.2 Å². The third-order valence-corrected chi connectivity index (χ3v) is 3.20. The Bertz CT molecular complexity index is 332. The molecule has 4 nitrogen and oxygen atoms in total. The van der Waals surface area contributed by atoms with Gasteiger partial charge in [-0.05, 0) is 30.7 Å². The van der Waals surface area contributed by atoms with Gasteiger partial charge < -0.3 is 5.32 Å². The molecule has 0 spiro atoms. The van der Waals surface area contributed by atoms with Crippen molar-refractivity contribution in [1.29, 1.82) is 0 Å². The molecular formula is C12H22N4. The van der Waals surface area contributed by atoms with Crippen molar-refractivity contribution in [3.05, 3.63) is 12.2 Å². The summed E-state index contributed by atoms with van der Waals surface area (Å²) in [4.78, 5) is 4.29. The van der Waals surface area contributed by atoms with Gasteiger partial charge in [-0.25, -0.2) is 9.67 Å². The monoisotopic (exact) mass is 222 g/mol. The second-order valence-electron chi connectivity index (χ2n) is 5.36. The SMILES string of the molecule is CC(C)Cn1ncnc1CNCC1CC1C. The molecular weight excluding hydrogens is 200 g/mol. The summed E-state index contributed by atoms with van der Waals surface area (Å²) in [7, 11) is 0. The summed E-state index contributed by atoms with van der Waals surface area (Å²) in [5, 5.41) is 7.72. The van der Waals surface area contributed by atoms with Crippen LogP contribution in [-0.4, -0.2) is 21.3 Å². The van der Waals surface area contributed by atoms with Crippen LogP contribution in [0.1, 0.15) is 33.0 Å². The molecule has 0 aliphatic heterocycles. The van der Waals surface area contributed by atoms with Crippen LogP contribution < -0.4 is 5.32 Å². The molecule has 0 radical (unpaired) electrons. The van der Waals surface area contributed by atoms with Crippen molar-refractivity contribution in [2.45, 2.75) is 40.3 Å². The second kappa shape index (κ2) is 4.95. The van der Waals surface area contributed by atoms with Crippen molar-refractivity contribution in [2.75, 3.05) is 6.54 Å². The van der Waals surface area contributed by atoms with Gasteiger partial charge in [0.05, 0.1) is 6.54 Å². The summed E-state index contributed by atoms with van der Waals surface area (Å²) in [5.41, 5.74) is 0. The third-order valence-electron chi connectivity index (χ3n) is 3.20. The lowest BCUT2D eigenvalue weighted by Crippen LogP contribution is -2.21. The van der Waals surface area contributed by atoms with Crippen molar-refractivity contribution in [3.63, 3.8) is 0 Å². The van der Waals surface area contributed by atoms with Gasteiger partial charge in [-0.15, -0.1) is 0 Å². The zero-order valence-corrected chi connectivity index (χ0v) is 10.5. The first-order valence-corrected chi connectivity index (χ1v) is 6.24. The molecule has 1 aliphatic rings. The molecule has 2 unspecified atom stereocenters. The summed E-state index contributed by atoms with van der Waals surface area (Å²) in [6.07, 6.45) is 3.03. The zero-order valence-electron chi connectivity index (χ0n) is 10.5. The maximum atomic E-state index is 4.29. The number of nitrogens with zero attached hydrogens (tertiary/aromatic N) is 3. The van der Waals surface area contributed by atoms with Crippen LogP contribution in [0.5, 0.6) is 0 Å². The summed E-state index contributed by atoms with van der Waals surface area (Å²) in [6.45, 7) is 9.63. The molecule has 0 saturated heterocycles. The van der Waals surface area contributed by atoms with E-state index in [9.17, 15) is 0 Å². The molecule has 0 bridgehead atoms. The molecule has 0 aromatic carbocycles. The van der Waals surface area contributed by atoms with Gasteiger partial charge in [0, 0.05) is 6.54 Å². The lowest BCUT2D eigenvalue weighted by Gasteiger charge is -2.09. The molecule has 1 fully saturated rings. The zero-order chi connectivity index (χ0) is 11.5. The quantitative estimate of drug-likeness (QED) is 0.796. The minimum Gasteiger partial charge on any atom is -0.310 e. The third kappa shape index (κ3) is 3.04. The van der Waals surface area contributed by atoms with Crippen LogP contribution >= 0.6 is 0 Å². The molecule has 0 amide bonds. The van der Waals surface area contributed by atoms with Gasteiger partial charge in [-0.1, -0.05) is 20.8 Å². The number of aromatic nitrogens is 3. The van der Waals surface area contributed by atoms with E-state index < -0.39 is 0 Å². The molecule has 1 heterocycles. The normalized spacial score (nSPS) is 24.0. The molecule has 1 saturated carbocycles. The largest absolute Gasteiger partial charge is 0.310 e. The van der Waals surface area contributed by atoms with E-state index in [0.29, 0.717) is 5.92 Å². The van der Waals surface area contributed by atoms with Gasteiger partial charge >= 0.3 is 0 Å². The standard InChI is InChI=1S/C12H22N4/c1-9(2)7-16-12(14-8-15-16)6-13-5-11-4-10(11)3/h8-11,13H,4-7H2,1-3H3. The highest BCUT2D eigenvalue weighted by Gasteiger charge is 2.31. The lowest BCUT2D eigenvalue weighted by atomic mass is 10.2. The van der Waals surface area contributed by atoms with Crippen molar-refractivity contribution < 1.29 is 0 Å². The summed E-state index contributed by atoms with van der Waals surface area (Å²) >= 11 is 0. The number of hydrogen-bond acceptors (Lipinski definition) is 3. The highest BCUT2D eigenvalue weighted by molar-refractivity contribution is 4.87. The maximum Gasteiger partial charge on any atom is 0.140 e. The Morgan fingerprint density at radius 2 is 2.31 bits per heavy atom. The minimum atomic E-state index is 0.615. The number of rotatable bonds is 6. The molecule has 1 N–H and O–H groups in total. The van der Waals surface area contributed by atoms with E-state index in [-0.39, 0.29) is 0 Å². The topological polar surface area (TPSA) is 42.7 Å². The van der Waals surface area contributed by atoms with E-state index in [2.05, 4.69) is 36.2 Å². The Kier molecular flexibility index (Phi) is 3.59. The molecule has 1 aromatic rings. The molecule has 1 aliphatic carbocycles. The van der Waals surface area contributed by atoms with Gasteiger partial charge in [-0.2, -0.15) is 5.10 Å². The summed E-state index contributed by atoms with van der Waals surface area (Å²) < 4.78 is 2.01. The van der Waals surface area contributed by atoms with Crippen molar-refractivity contribution >= 4 is 0 Å². The van der Waals surface area contributed by atoms with Gasteiger partial charge in [0.25, 0.3) is 0 Å². The van der Waals surface area contributed by atoms with Crippen molar-refractivity contribution in [2.24, 2.45) is 17.8 Å². The van der Waals surface area contributed by atoms with E-state index in [1.165, 1.54) is 6.42 Å². The van der Waals surface area contributed by atoms with Gasteiger partial charge in [0.2, 0.25) is 0 Å². The van der Waals surface area contributed by atoms with E-state index in [4.69, 9.17) is 0 Å². The van der Waals surface area contributed by atoms with E-state index in [0.717, 1.165) is 37.3 Å². The molecule has 90 valence electrons. The predicted molar refractivity (Wildman–Crippen MR) is 63.8 cm³/mol. The number of hydrogen-bond donors (Lipinski definition) is 1. The maximum absolute atomic E-state index is 4.29. The van der Waals surface area contributed by atoms with Crippen LogP contribution in [0.25, 0.3) is 0 Å². The molecule has 16 heavy (non-hydrogen) atoms. The van der Waals surface area contributed by atoms with Crippen LogP contribution in [-0.2, 0) is 13.1 Å². The van der Waals surface area contributed by atoms with Crippen LogP contribution in [0.3, 0.4) is 0 Å². The predicted octanol–water partition coefficient (Wildman–Crippen LogP) is 1.68. The molecule has 4 heteroatoms. The lowest BCUT2D eigenvalue weighted by molar-refractivity contribution is 0.455. The van der Waals surface area contributed by atoms with Crippen molar-refractivity contribution in [3.8, 4) is 0 Å². The Balaban J connectivity index is 1.77. The summed E-state index contributed by atoms with van der Waals surface area (Å²) in [6, 6.07) is 0. The van der Waals surface area contributed by atoms with E-state index in [1.807, 2.05) is 4.68 Å². The minimum absolute atomic E-state index is 0.615. The van der Waals surface area contributed by atoms with Gasteiger partial charge in [0.15, 0.2) is 0 Å². The fraction of sp³-hybridized carbons (Fsp3) is 0.833. The fourth-order valence-electron chi connectivity index (χ4n) is 1.98. The smallest absolute Gasteiger partial charge is 0.140 e. The second-order valence-corrected chi connectivity index (χ2v) is 5.36. The average Bonchev–Trinajstić information content (AvgIpc) is 2.72. The van der Waals surface area contributed by atoms with Gasteiger partial charge in [-0.3, -0.25) is 0 Å². The first-order valence-electron chi connectivity index (χ1n) is 6.24.